The Morgan fingerprint density at radius 3 is 2.57 bits per heavy atom. The number of aryl methyl sites for hydroxylation is 1. The average molecular weight is 383 g/mol. The average Bonchev–Trinajstić information content (AvgIpc) is 3.04. The molecule has 28 heavy (non-hydrogen) atoms. The van der Waals surface area contributed by atoms with Gasteiger partial charge in [-0.15, -0.1) is 0 Å². The standard InChI is InChI=1S/C21H29N5O2/c1-24-21(28)26(18-12-6-3-7-13-18)19(23-24)16-9-8-14-25(15-16)20(27)22-17-10-4-2-5-11-17/h3,6-7,12-13,16-17H,2,4-5,8-11,14-15H2,1H3,(H,22,27). The molecule has 2 amide bonds. The minimum absolute atomic E-state index is 0.0288. The van der Waals surface area contributed by atoms with Gasteiger partial charge in [0.1, 0.15) is 5.82 Å². The van der Waals surface area contributed by atoms with Crippen molar-refractivity contribution in [3.63, 3.8) is 0 Å². The van der Waals surface area contributed by atoms with E-state index in [1.807, 2.05) is 35.2 Å². The van der Waals surface area contributed by atoms with Crippen molar-refractivity contribution in [2.75, 3.05) is 13.1 Å². The third-order valence-electron chi connectivity index (χ3n) is 5.97. The Labute approximate surface area is 165 Å². The summed E-state index contributed by atoms with van der Waals surface area (Å²) in [6.45, 7) is 1.36. The van der Waals surface area contributed by atoms with Gasteiger partial charge in [-0.3, -0.25) is 0 Å². The van der Waals surface area contributed by atoms with Crippen molar-refractivity contribution in [2.45, 2.75) is 56.9 Å². The predicted octanol–water partition coefficient (Wildman–Crippen LogP) is 2.79. The van der Waals surface area contributed by atoms with Crippen LogP contribution < -0.4 is 11.0 Å². The maximum Gasteiger partial charge on any atom is 0.350 e. The fourth-order valence-corrected chi connectivity index (χ4v) is 4.45. The molecule has 1 unspecified atom stereocenters. The second-order valence-electron chi connectivity index (χ2n) is 8.00. The number of urea groups is 1. The summed E-state index contributed by atoms with van der Waals surface area (Å²) >= 11 is 0. The molecule has 0 bridgehead atoms. The van der Waals surface area contributed by atoms with E-state index in [1.54, 1.807) is 11.6 Å². The largest absolute Gasteiger partial charge is 0.350 e. The second-order valence-corrected chi connectivity index (χ2v) is 8.00. The molecule has 0 radical (unpaired) electrons. The van der Waals surface area contributed by atoms with Gasteiger partial charge < -0.3 is 10.2 Å². The van der Waals surface area contributed by atoms with Gasteiger partial charge in [-0.25, -0.2) is 18.8 Å². The molecule has 2 aliphatic rings. The van der Waals surface area contributed by atoms with Gasteiger partial charge in [-0.2, -0.15) is 5.10 Å². The minimum atomic E-state index is -0.148. The number of hydrogen-bond acceptors (Lipinski definition) is 3. The van der Waals surface area contributed by atoms with Gasteiger partial charge in [0, 0.05) is 32.1 Å². The highest BCUT2D eigenvalue weighted by molar-refractivity contribution is 5.74. The van der Waals surface area contributed by atoms with Crippen LogP contribution in [-0.4, -0.2) is 44.4 Å². The van der Waals surface area contributed by atoms with E-state index in [2.05, 4.69) is 10.4 Å². The number of amides is 2. The predicted molar refractivity (Wildman–Crippen MR) is 108 cm³/mol. The second kappa shape index (κ2) is 8.20. The lowest BCUT2D eigenvalue weighted by Crippen LogP contribution is -2.49. The third kappa shape index (κ3) is 3.84. The summed E-state index contributed by atoms with van der Waals surface area (Å²) in [6, 6.07) is 9.95. The van der Waals surface area contributed by atoms with Crippen LogP contribution >= 0.6 is 0 Å². The van der Waals surface area contributed by atoms with Crippen LogP contribution in [-0.2, 0) is 7.05 Å². The summed E-state index contributed by atoms with van der Waals surface area (Å²) in [5.41, 5.74) is 0.671. The Balaban J connectivity index is 1.53. The zero-order valence-electron chi connectivity index (χ0n) is 16.5. The van der Waals surface area contributed by atoms with Crippen LogP contribution in [0.4, 0.5) is 4.79 Å². The number of likely N-dealkylation sites (tertiary alicyclic amines) is 1. The molecule has 7 heteroatoms. The Bertz CT molecular complexity index is 867. The maximum atomic E-state index is 12.8. The summed E-state index contributed by atoms with van der Waals surface area (Å²) in [4.78, 5) is 27.4. The van der Waals surface area contributed by atoms with Crippen LogP contribution in [0.1, 0.15) is 56.7 Å². The molecule has 2 aromatic rings. The SMILES string of the molecule is Cn1nc(C2CCCN(C(=O)NC3CCCCC3)C2)n(-c2ccccc2)c1=O. The topological polar surface area (TPSA) is 72.2 Å². The molecular weight excluding hydrogens is 354 g/mol. The number of nitrogens with one attached hydrogen (secondary N) is 1. The van der Waals surface area contributed by atoms with Crippen LogP contribution in [0.15, 0.2) is 35.1 Å². The zero-order chi connectivity index (χ0) is 19.5. The highest BCUT2D eigenvalue weighted by Crippen LogP contribution is 2.27. The number of nitrogens with zero attached hydrogens (tertiary/aromatic N) is 4. The molecule has 2 fully saturated rings. The van der Waals surface area contributed by atoms with E-state index in [-0.39, 0.29) is 17.6 Å². The number of para-hydroxylation sites is 1. The first-order valence-corrected chi connectivity index (χ1v) is 10.4. The highest BCUT2D eigenvalue weighted by Gasteiger charge is 2.30. The van der Waals surface area contributed by atoms with Gasteiger partial charge in [0.2, 0.25) is 0 Å². The lowest BCUT2D eigenvalue weighted by atomic mass is 9.95. The van der Waals surface area contributed by atoms with E-state index < -0.39 is 0 Å². The Kier molecular flexibility index (Phi) is 5.50. The molecule has 7 nitrogen and oxygen atoms in total. The minimum Gasteiger partial charge on any atom is -0.335 e. The summed E-state index contributed by atoms with van der Waals surface area (Å²) in [7, 11) is 1.68. The van der Waals surface area contributed by atoms with Crippen molar-refractivity contribution in [3.8, 4) is 5.69 Å². The number of hydrogen-bond donors (Lipinski definition) is 1. The normalized spacial score (nSPS) is 20.9. The number of rotatable bonds is 3. The van der Waals surface area contributed by atoms with Gasteiger partial charge in [0.25, 0.3) is 0 Å². The molecule has 150 valence electrons. The summed E-state index contributed by atoms with van der Waals surface area (Å²) in [5, 5.41) is 7.74. The van der Waals surface area contributed by atoms with E-state index in [1.165, 1.54) is 23.9 Å². The molecule has 0 spiro atoms. The molecular formula is C21H29N5O2. The first kappa shape index (κ1) is 18.8. The van der Waals surface area contributed by atoms with Crippen LogP contribution in [0.2, 0.25) is 0 Å². The number of carbonyl (C=O) groups excluding carboxylic acids is 1. The van der Waals surface area contributed by atoms with Crippen LogP contribution in [0.3, 0.4) is 0 Å². The van der Waals surface area contributed by atoms with Crippen molar-refractivity contribution in [3.05, 3.63) is 46.6 Å². The molecule has 1 saturated heterocycles. The molecule has 1 atom stereocenters. The quantitative estimate of drug-likeness (QED) is 0.886. The Morgan fingerprint density at radius 2 is 1.82 bits per heavy atom. The van der Waals surface area contributed by atoms with Crippen LogP contribution in [0, 0.1) is 0 Å². The van der Waals surface area contributed by atoms with E-state index in [4.69, 9.17) is 0 Å². The van der Waals surface area contributed by atoms with Gasteiger partial charge in [-0.05, 0) is 37.8 Å². The van der Waals surface area contributed by atoms with Crippen molar-refractivity contribution >= 4 is 6.03 Å². The Morgan fingerprint density at radius 1 is 1.07 bits per heavy atom. The van der Waals surface area contributed by atoms with Gasteiger partial charge in [0.15, 0.2) is 0 Å². The summed E-state index contributed by atoms with van der Waals surface area (Å²) in [6.07, 6.45) is 7.68. The zero-order valence-corrected chi connectivity index (χ0v) is 16.5. The summed E-state index contributed by atoms with van der Waals surface area (Å²) < 4.78 is 3.08. The van der Waals surface area contributed by atoms with Crippen molar-refractivity contribution in [1.82, 2.24) is 24.6 Å². The lowest BCUT2D eigenvalue weighted by Gasteiger charge is -2.34. The van der Waals surface area contributed by atoms with E-state index in [0.717, 1.165) is 43.7 Å². The van der Waals surface area contributed by atoms with Gasteiger partial charge in [0.05, 0.1) is 5.69 Å². The first-order chi connectivity index (χ1) is 13.6. The third-order valence-corrected chi connectivity index (χ3v) is 5.97. The molecule has 1 N–H and O–H groups in total. The van der Waals surface area contributed by atoms with E-state index in [0.29, 0.717) is 12.6 Å². The number of aromatic nitrogens is 3. The lowest BCUT2D eigenvalue weighted by molar-refractivity contribution is 0.171. The van der Waals surface area contributed by atoms with Gasteiger partial charge in [-0.1, -0.05) is 37.5 Å². The smallest absolute Gasteiger partial charge is 0.335 e. The molecule has 4 rings (SSSR count). The fourth-order valence-electron chi connectivity index (χ4n) is 4.45. The molecule has 1 aliphatic heterocycles. The van der Waals surface area contributed by atoms with Crippen LogP contribution in [0.5, 0.6) is 0 Å². The summed E-state index contributed by atoms with van der Waals surface area (Å²) in [5.74, 6) is 0.800. The Hall–Kier alpha value is -2.57. The van der Waals surface area contributed by atoms with Crippen molar-refractivity contribution in [1.29, 1.82) is 0 Å². The van der Waals surface area contributed by atoms with Gasteiger partial charge >= 0.3 is 11.7 Å². The maximum absolute atomic E-state index is 12.8. The molecule has 2 heterocycles. The van der Waals surface area contributed by atoms with Crippen LogP contribution in [0.25, 0.3) is 5.69 Å². The number of piperidine rings is 1. The number of carbonyl (C=O) groups is 1. The van der Waals surface area contributed by atoms with E-state index in [9.17, 15) is 9.59 Å². The molecule has 1 aromatic carbocycles. The highest BCUT2D eigenvalue weighted by atomic mass is 16.2. The van der Waals surface area contributed by atoms with E-state index >= 15 is 0 Å². The molecule has 1 aliphatic carbocycles. The molecule has 1 aromatic heterocycles. The fraction of sp³-hybridized carbons (Fsp3) is 0.571. The number of benzene rings is 1. The van der Waals surface area contributed by atoms with Crippen molar-refractivity contribution in [2.24, 2.45) is 7.05 Å². The first-order valence-electron chi connectivity index (χ1n) is 10.4. The molecule has 1 saturated carbocycles. The van der Waals surface area contributed by atoms with Crippen molar-refractivity contribution < 1.29 is 4.79 Å². The monoisotopic (exact) mass is 383 g/mol.